The molecule has 2 aromatic rings. The van der Waals surface area contributed by atoms with E-state index in [-0.39, 0.29) is 37.2 Å². The van der Waals surface area contributed by atoms with Gasteiger partial charge in [0.25, 0.3) is 0 Å². The van der Waals surface area contributed by atoms with Crippen molar-refractivity contribution in [2.45, 2.75) is 12.5 Å². The Morgan fingerprint density at radius 2 is 2.05 bits per heavy atom. The third-order valence-electron chi connectivity index (χ3n) is 2.60. The minimum atomic E-state index is -0.716. The van der Waals surface area contributed by atoms with Crippen molar-refractivity contribution in [2.75, 3.05) is 7.11 Å². The SMILES string of the molecule is COC(=O)C(N)Cc1ncc(Br)c2ncccc12.Cl.Cl.Cl. The molecule has 0 fully saturated rings. The Morgan fingerprint density at radius 1 is 1.38 bits per heavy atom. The van der Waals surface area contributed by atoms with E-state index in [1.807, 2.05) is 12.1 Å². The highest BCUT2D eigenvalue weighted by Crippen LogP contribution is 2.23. The van der Waals surface area contributed by atoms with Gasteiger partial charge in [0.15, 0.2) is 0 Å². The topological polar surface area (TPSA) is 78.1 Å². The van der Waals surface area contributed by atoms with Crippen LogP contribution in [0.3, 0.4) is 0 Å². The molecule has 9 heteroatoms. The fourth-order valence-electron chi connectivity index (χ4n) is 1.70. The lowest BCUT2D eigenvalue weighted by molar-refractivity contribution is -0.142. The maximum absolute atomic E-state index is 11.3. The molecule has 0 aliphatic heterocycles. The lowest BCUT2D eigenvalue weighted by atomic mass is 10.1. The summed E-state index contributed by atoms with van der Waals surface area (Å²) in [6.45, 7) is 0. The number of carbonyl (C=O) groups excluding carboxylic acids is 1. The average molecular weight is 420 g/mol. The smallest absolute Gasteiger partial charge is 0.323 e. The molecule has 2 aromatic heterocycles. The maximum Gasteiger partial charge on any atom is 0.323 e. The van der Waals surface area contributed by atoms with Gasteiger partial charge in [0.05, 0.1) is 22.8 Å². The van der Waals surface area contributed by atoms with E-state index >= 15 is 0 Å². The molecule has 2 rings (SSSR count). The highest BCUT2D eigenvalue weighted by atomic mass is 79.9. The van der Waals surface area contributed by atoms with Gasteiger partial charge < -0.3 is 10.5 Å². The van der Waals surface area contributed by atoms with Crippen molar-refractivity contribution in [2.24, 2.45) is 5.73 Å². The number of nitrogens with two attached hydrogens (primary N) is 1. The summed E-state index contributed by atoms with van der Waals surface area (Å²) in [4.78, 5) is 19.9. The van der Waals surface area contributed by atoms with Crippen LogP contribution in [0.4, 0.5) is 0 Å². The monoisotopic (exact) mass is 417 g/mol. The van der Waals surface area contributed by atoms with Gasteiger partial charge in [-0.25, -0.2) is 0 Å². The van der Waals surface area contributed by atoms with E-state index in [4.69, 9.17) is 5.73 Å². The summed E-state index contributed by atoms with van der Waals surface area (Å²) < 4.78 is 5.42. The van der Waals surface area contributed by atoms with Crippen LogP contribution in [-0.4, -0.2) is 29.1 Å². The minimum Gasteiger partial charge on any atom is -0.468 e. The molecule has 0 saturated heterocycles. The predicted molar refractivity (Wildman–Crippen MR) is 92.7 cm³/mol. The quantitative estimate of drug-likeness (QED) is 0.774. The summed E-state index contributed by atoms with van der Waals surface area (Å²) in [5.41, 5.74) is 7.28. The van der Waals surface area contributed by atoms with Crippen LogP contribution in [0.25, 0.3) is 10.9 Å². The van der Waals surface area contributed by atoms with Gasteiger partial charge in [-0.3, -0.25) is 14.8 Å². The number of halogens is 4. The zero-order valence-electron chi connectivity index (χ0n) is 11.0. The van der Waals surface area contributed by atoms with Crippen LogP contribution < -0.4 is 5.73 Å². The van der Waals surface area contributed by atoms with Crippen molar-refractivity contribution in [1.29, 1.82) is 0 Å². The van der Waals surface area contributed by atoms with Crippen molar-refractivity contribution in [3.63, 3.8) is 0 Å². The number of esters is 1. The first-order valence-electron chi connectivity index (χ1n) is 5.35. The van der Waals surface area contributed by atoms with Crippen LogP contribution in [-0.2, 0) is 16.0 Å². The average Bonchev–Trinajstić information content (AvgIpc) is 2.41. The molecule has 1 atom stereocenters. The molecule has 0 saturated carbocycles. The molecule has 118 valence electrons. The van der Waals surface area contributed by atoms with E-state index in [1.165, 1.54) is 7.11 Å². The lowest BCUT2D eigenvalue weighted by Gasteiger charge is -2.10. The number of pyridine rings is 2. The van der Waals surface area contributed by atoms with E-state index in [1.54, 1.807) is 12.4 Å². The standard InChI is InChI=1S/C12H12BrN3O2.3ClH/c1-18-12(17)9(14)5-10-7-3-2-4-15-11(7)8(13)6-16-10;;;/h2-4,6,9H,5,14H2,1H3;3*1H. The third-order valence-corrected chi connectivity index (χ3v) is 3.18. The van der Waals surface area contributed by atoms with Crippen molar-refractivity contribution in [1.82, 2.24) is 9.97 Å². The molecule has 0 radical (unpaired) electrons. The van der Waals surface area contributed by atoms with Gasteiger partial charge in [-0.2, -0.15) is 0 Å². The first kappa shape index (κ1) is 22.6. The number of fused-ring (bicyclic) bond motifs is 1. The molecule has 0 aromatic carbocycles. The van der Waals surface area contributed by atoms with Gasteiger partial charge in [-0.1, -0.05) is 0 Å². The number of ether oxygens (including phenoxy) is 1. The van der Waals surface area contributed by atoms with Crippen molar-refractivity contribution < 1.29 is 9.53 Å². The molecule has 21 heavy (non-hydrogen) atoms. The van der Waals surface area contributed by atoms with Crippen LogP contribution >= 0.6 is 53.2 Å². The summed E-state index contributed by atoms with van der Waals surface area (Å²) in [5, 5.41) is 0.881. The van der Waals surface area contributed by atoms with Crippen molar-refractivity contribution >= 4 is 70.0 Å². The zero-order valence-corrected chi connectivity index (χ0v) is 15.0. The molecule has 5 nitrogen and oxygen atoms in total. The first-order valence-corrected chi connectivity index (χ1v) is 6.14. The molecule has 0 spiro atoms. The molecule has 0 amide bonds. The second kappa shape index (κ2) is 10.1. The number of aromatic nitrogens is 2. The summed E-state index contributed by atoms with van der Waals surface area (Å²) in [5.74, 6) is -0.447. The number of nitrogens with zero attached hydrogens (tertiary/aromatic N) is 2. The van der Waals surface area contributed by atoms with E-state index in [0.717, 1.165) is 21.1 Å². The second-order valence-electron chi connectivity index (χ2n) is 3.79. The molecule has 2 heterocycles. The number of methoxy groups -OCH3 is 1. The van der Waals surface area contributed by atoms with Gasteiger partial charge in [-0.05, 0) is 28.1 Å². The van der Waals surface area contributed by atoms with E-state index in [9.17, 15) is 4.79 Å². The third kappa shape index (κ3) is 5.23. The number of hydrogen-bond acceptors (Lipinski definition) is 5. The van der Waals surface area contributed by atoms with Crippen LogP contribution in [0.15, 0.2) is 29.0 Å². The van der Waals surface area contributed by atoms with Crippen LogP contribution in [0.5, 0.6) is 0 Å². The molecular formula is C12H15BrCl3N3O2. The van der Waals surface area contributed by atoms with Crippen LogP contribution in [0, 0.1) is 0 Å². The first-order chi connectivity index (χ1) is 8.63. The summed E-state index contributed by atoms with van der Waals surface area (Å²) in [6, 6.07) is 3.01. The maximum atomic E-state index is 11.3. The number of rotatable bonds is 3. The molecule has 0 aliphatic rings. The Labute approximate surface area is 149 Å². The predicted octanol–water partition coefficient (Wildman–Crippen LogP) is 2.70. The molecule has 1 unspecified atom stereocenters. The van der Waals surface area contributed by atoms with Crippen LogP contribution in [0.2, 0.25) is 0 Å². The Balaban J connectivity index is 0. The van der Waals surface area contributed by atoms with Crippen molar-refractivity contribution in [3.8, 4) is 0 Å². The highest BCUT2D eigenvalue weighted by molar-refractivity contribution is 9.10. The second-order valence-corrected chi connectivity index (χ2v) is 4.64. The molecule has 0 bridgehead atoms. The van der Waals surface area contributed by atoms with Crippen molar-refractivity contribution in [3.05, 3.63) is 34.7 Å². The van der Waals surface area contributed by atoms with Gasteiger partial charge in [0.1, 0.15) is 6.04 Å². The Morgan fingerprint density at radius 3 is 2.67 bits per heavy atom. The largest absolute Gasteiger partial charge is 0.468 e. The fraction of sp³-hybridized carbons (Fsp3) is 0.250. The Hall–Kier alpha value is -0.660. The van der Waals surface area contributed by atoms with E-state index in [0.29, 0.717) is 6.42 Å². The summed E-state index contributed by atoms with van der Waals surface area (Å²) in [7, 11) is 1.32. The zero-order chi connectivity index (χ0) is 13.1. The molecule has 0 aliphatic carbocycles. The van der Waals surface area contributed by atoms with E-state index in [2.05, 4.69) is 30.6 Å². The summed E-state index contributed by atoms with van der Waals surface area (Å²) >= 11 is 3.39. The van der Waals surface area contributed by atoms with Gasteiger partial charge >= 0.3 is 5.97 Å². The highest BCUT2D eigenvalue weighted by Gasteiger charge is 2.17. The number of hydrogen-bond donors (Lipinski definition) is 1. The Kier molecular flexibility index (Phi) is 10.9. The van der Waals surface area contributed by atoms with E-state index < -0.39 is 12.0 Å². The number of carbonyl (C=O) groups is 1. The lowest BCUT2D eigenvalue weighted by Crippen LogP contribution is -2.34. The minimum absolute atomic E-state index is 0. The molecule has 2 N–H and O–H groups in total. The summed E-state index contributed by atoms with van der Waals surface area (Å²) in [6.07, 6.45) is 3.69. The normalized spacial score (nSPS) is 10.6. The van der Waals surface area contributed by atoms with Gasteiger partial charge in [0, 0.05) is 24.2 Å². The van der Waals surface area contributed by atoms with Gasteiger partial charge in [-0.15, -0.1) is 37.2 Å². The Bertz CT molecular complexity index is 601. The van der Waals surface area contributed by atoms with Crippen LogP contribution in [0.1, 0.15) is 5.69 Å². The molecular weight excluding hydrogens is 404 g/mol. The van der Waals surface area contributed by atoms with Gasteiger partial charge in [0.2, 0.25) is 0 Å². The fourth-order valence-corrected chi connectivity index (χ4v) is 2.12.